The molecular weight excluding hydrogens is 445 g/mol. The van der Waals surface area contributed by atoms with Crippen LogP contribution in [0, 0.1) is 3.57 Å². The minimum absolute atomic E-state index is 0.139. The Bertz CT molecular complexity index is 928. The van der Waals surface area contributed by atoms with E-state index in [4.69, 9.17) is 4.74 Å². The summed E-state index contributed by atoms with van der Waals surface area (Å²) in [6, 6.07) is 9.65. The van der Waals surface area contributed by atoms with E-state index < -0.39 is 0 Å². The van der Waals surface area contributed by atoms with Crippen molar-refractivity contribution in [3.05, 3.63) is 61.6 Å². The molecule has 0 spiro atoms. The first-order valence-corrected chi connectivity index (χ1v) is 9.62. The number of carbonyl (C=O) groups excluding carboxylic acids is 1. The lowest BCUT2D eigenvalue weighted by atomic mass is 10.1. The van der Waals surface area contributed by atoms with Crippen molar-refractivity contribution in [3.63, 3.8) is 0 Å². The molecule has 1 fully saturated rings. The highest BCUT2D eigenvalue weighted by Gasteiger charge is 2.49. The van der Waals surface area contributed by atoms with E-state index in [1.807, 2.05) is 69.4 Å². The Balaban J connectivity index is 1.77. The SMILES string of the molecule is CN1CCN2C(=O)c3c(OCc4ccccc4)c(=O)c(I)cn3CC12C. The first-order valence-electron chi connectivity index (χ1n) is 8.55. The highest BCUT2D eigenvalue weighted by atomic mass is 127. The van der Waals surface area contributed by atoms with Crippen molar-refractivity contribution in [2.45, 2.75) is 25.7 Å². The largest absolute Gasteiger partial charge is 0.483 e. The Labute approximate surface area is 165 Å². The molecule has 2 aliphatic heterocycles. The first-order chi connectivity index (χ1) is 12.4. The summed E-state index contributed by atoms with van der Waals surface area (Å²) in [5.74, 6) is 0.0158. The first kappa shape index (κ1) is 17.5. The minimum atomic E-state index is -0.376. The van der Waals surface area contributed by atoms with Crippen molar-refractivity contribution in [3.8, 4) is 5.75 Å². The third-order valence-electron chi connectivity index (χ3n) is 5.40. The number of halogens is 1. The number of benzene rings is 1. The predicted octanol–water partition coefficient (Wildman–Crippen LogP) is 2.15. The lowest BCUT2D eigenvalue weighted by Gasteiger charge is -2.44. The molecule has 0 aliphatic carbocycles. The number of hydrogen-bond acceptors (Lipinski definition) is 4. The van der Waals surface area contributed by atoms with Gasteiger partial charge in [-0.15, -0.1) is 0 Å². The van der Waals surface area contributed by atoms with Crippen LogP contribution in [-0.2, 0) is 13.2 Å². The maximum atomic E-state index is 13.2. The van der Waals surface area contributed by atoms with Gasteiger partial charge in [-0.25, -0.2) is 0 Å². The molecule has 0 bridgehead atoms. The number of hydrogen-bond donors (Lipinski definition) is 0. The zero-order valence-corrected chi connectivity index (χ0v) is 16.9. The van der Waals surface area contributed by atoms with E-state index in [0.29, 0.717) is 22.4 Å². The van der Waals surface area contributed by atoms with Crippen molar-refractivity contribution in [1.29, 1.82) is 0 Å². The summed E-state index contributed by atoms with van der Waals surface area (Å²) in [5, 5.41) is 0. The van der Waals surface area contributed by atoms with E-state index in [2.05, 4.69) is 11.8 Å². The van der Waals surface area contributed by atoms with Gasteiger partial charge in [0.05, 0.1) is 10.1 Å². The van der Waals surface area contributed by atoms with E-state index >= 15 is 0 Å². The molecule has 1 unspecified atom stereocenters. The van der Waals surface area contributed by atoms with Gasteiger partial charge in [0.2, 0.25) is 5.43 Å². The number of rotatable bonds is 3. The van der Waals surface area contributed by atoms with Crippen LogP contribution < -0.4 is 10.2 Å². The van der Waals surface area contributed by atoms with Gasteiger partial charge in [0.15, 0.2) is 11.4 Å². The molecule has 1 saturated heterocycles. The van der Waals surface area contributed by atoms with Crippen LogP contribution in [0.2, 0.25) is 0 Å². The summed E-state index contributed by atoms with van der Waals surface area (Å²) >= 11 is 2.02. The fourth-order valence-corrected chi connectivity index (χ4v) is 4.31. The fraction of sp³-hybridized carbons (Fsp3) is 0.368. The molecule has 1 aromatic heterocycles. The Morgan fingerprint density at radius 2 is 1.92 bits per heavy atom. The summed E-state index contributed by atoms with van der Waals surface area (Å²) in [7, 11) is 2.03. The van der Waals surface area contributed by atoms with E-state index in [9.17, 15) is 9.59 Å². The second-order valence-corrected chi connectivity index (χ2v) is 8.14. The molecule has 0 radical (unpaired) electrons. The van der Waals surface area contributed by atoms with Crippen LogP contribution in [0.5, 0.6) is 5.75 Å². The third kappa shape index (κ3) is 2.64. The molecule has 7 heteroatoms. The van der Waals surface area contributed by atoms with Gasteiger partial charge in [-0.3, -0.25) is 14.5 Å². The van der Waals surface area contributed by atoms with Crippen molar-refractivity contribution < 1.29 is 9.53 Å². The number of aromatic nitrogens is 1. The van der Waals surface area contributed by atoms with Gasteiger partial charge < -0.3 is 14.2 Å². The second kappa shape index (κ2) is 6.38. The average Bonchev–Trinajstić information content (AvgIpc) is 2.92. The molecule has 2 aromatic rings. The molecule has 6 nitrogen and oxygen atoms in total. The maximum absolute atomic E-state index is 13.2. The number of amides is 1. The Morgan fingerprint density at radius 1 is 1.19 bits per heavy atom. The van der Waals surface area contributed by atoms with Gasteiger partial charge in [-0.2, -0.15) is 0 Å². The summed E-state index contributed by atoms with van der Waals surface area (Å²) in [5.41, 5.74) is 0.716. The van der Waals surface area contributed by atoms with Crippen LogP contribution in [0.4, 0.5) is 0 Å². The molecule has 1 aromatic carbocycles. The highest BCUT2D eigenvalue weighted by molar-refractivity contribution is 14.1. The predicted molar refractivity (Wildman–Crippen MR) is 106 cm³/mol. The Morgan fingerprint density at radius 3 is 2.65 bits per heavy atom. The normalized spacial score (nSPS) is 22.3. The monoisotopic (exact) mass is 465 g/mol. The third-order valence-corrected chi connectivity index (χ3v) is 6.17. The van der Waals surface area contributed by atoms with Crippen molar-refractivity contribution in [2.24, 2.45) is 0 Å². The number of nitrogens with zero attached hydrogens (tertiary/aromatic N) is 3. The average molecular weight is 465 g/mol. The molecule has 0 saturated carbocycles. The number of pyridine rings is 1. The second-order valence-electron chi connectivity index (χ2n) is 6.98. The van der Waals surface area contributed by atoms with Crippen LogP contribution in [0.25, 0.3) is 0 Å². The van der Waals surface area contributed by atoms with Gasteiger partial charge in [0.25, 0.3) is 5.91 Å². The Kier molecular flexibility index (Phi) is 4.31. The van der Waals surface area contributed by atoms with Crippen LogP contribution >= 0.6 is 22.6 Å². The molecule has 26 heavy (non-hydrogen) atoms. The van der Waals surface area contributed by atoms with Gasteiger partial charge >= 0.3 is 0 Å². The van der Waals surface area contributed by atoms with E-state index in [0.717, 1.165) is 12.1 Å². The molecule has 1 atom stereocenters. The van der Waals surface area contributed by atoms with E-state index in [-0.39, 0.29) is 29.4 Å². The van der Waals surface area contributed by atoms with Crippen molar-refractivity contribution >= 4 is 28.5 Å². The molecule has 1 amide bonds. The van der Waals surface area contributed by atoms with Crippen LogP contribution in [0.3, 0.4) is 0 Å². The fourth-order valence-electron chi connectivity index (χ4n) is 3.73. The molecule has 2 aliphatic rings. The van der Waals surface area contributed by atoms with Gasteiger partial charge in [0, 0.05) is 19.3 Å². The van der Waals surface area contributed by atoms with Crippen molar-refractivity contribution in [1.82, 2.24) is 14.4 Å². The molecule has 0 N–H and O–H groups in total. The van der Waals surface area contributed by atoms with Crippen LogP contribution in [-0.4, -0.2) is 46.1 Å². The molecule has 4 rings (SSSR count). The molecule has 136 valence electrons. The number of ether oxygens (including phenoxy) is 1. The lowest BCUT2D eigenvalue weighted by molar-refractivity contribution is 0.0121. The number of fused-ring (bicyclic) bond motifs is 2. The van der Waals surface area contributed by atoms with Gasteiger partial charge in [-0.05, 0) is 42.1 Å². The van der Waals surface area contributed by atoms with Gasteiger partial charge in [0.1, 0.15) is 12.3 Å². The topological polar surface area (TPSA) is 54.8 Å². The van der Waals surface area contributed by atoms with Crippen LogP contribution in [0.15, 0.2) is 41.3 Å². The smallest absolute Gasteiger partial charge is 0.276 e. The zero-order chi connectivity index (χ0) is 18.5. The zero-order valence-electron chi connectivity index (χ0n) is 14.7. The maximum Gasteiger partial charge on any atom is 0.276 e. The minimum Gasteiger partial charge on any atom is -0.483 e. The lowest BCUT2D eigenvalue weighted by Crippen LogP contribution is -2.59. The summed E-state index contributed by atoms with van der Waals surface area (Å²) < 4.78 is 8.32. The Hall–Kier alpha value is -1.87. The van der Waals surface area contributed by atoms with Gasteiger partial charge in [-0.1, -0.05) is 30.3 Å². The molecule has 3 heterocycles. The van der Waals surface area contributed by atoms with Crippen LogP contribution in [0.1, 0.15) is 23.0 Å². The standard InChI is InChI=1S/C19H20IN3O3/c1-19-12-22-10-14(20)16(24)17(26-11-13-6-4-3-5-7-13)15(22)18(25)23(19)9-8-21(19)2/h3-7,10H,8-9,11-12H2,1-2H3. The van der Waals surface area contributed by atoms with E-state index in [1.165, 1.54) is 0 Å². The highest BCUT2D eigenvalue weighted by Crippen LogP contribution is 2.35. The quantitative estimate of drug-likeness (QED) is 0.653. The number of carbonyl (C=O) groups is 1. The summed E-state index contributed by atoms with van der Waals surface area (Å²) in [6.45, 7) is 4.41. The molecular formula is C19H20IN3O3. The summed E-state index contributed by atoms with van der Waals surface area (Å²) in [4.78, 5) is 30.0. The van der Waals surface area contributed by atoms with Crippen molar-refractivity contribution in [2.75, 3.05) is 20.1 Å². The summed E-state index contributed by atoms with van der Waals surface area (Å²) in [6.07, 6.45) is 1.76. The van der Waals surface area contributed by atoms with E-state index in [1.54, 1.807) is 6.20 Å². The number of likely N-dealkylation sites (N-methyl/N-ethyl adjacent to an activating group) is 1.